The number of hydrogen-bond donors (Lipinski definition) is 1. The molecule has 0 atom stereocenters. The second-order valence-electron chi connectivity index (χ2n) is 8.21. The Kier molecular flexibility index (Phi) is 4.87. The van der Waals surface area contributed by atoms with Gasteiger partial charge in [-0.05, 0) is 49.7 Å². The van der Waals surface area contributed by atoms with Gasteiger partial charge in [0.2, 0.25) is 0 Å². The molecule has 0 radical (unpaired) electrons. The molecule has 5 nitrogen and oxygen atoms in total. The van der Waals surface area contributed by atoms with Gasteiger partial charge >= 0.3 is 0 Å². The molecule has 156 valence electrons. The SMILES string of the molecule is CC1(C)Cc2cccc(OCc3ccc(C(=O)Nc4nc5ccccc5s4)cc3)c2O1. The average Bonchev–Trinajstić information content (AvgIpc) is 3.30. The van der Waals surface area contributed by atoms with Crippen LogP contribution in [0.25, 0.3) is 10.2 Å². The lowest BCUT2D eigenvalue weighted by Gasteiger charge is -2.18. The highest BCUT2D eigenvalue weighted by molar-refractivity contribution is 7.22. The summed E-state index contributed by atoms with van der Waals surface area (Å²) in [4.78, 5) is 17.0. The fourth-order valence-electron chi connectivity index (χ4n) is 3.71. The maximum Gasteiger partial charge on any atom is 0.257 e. The molecule has 0 aliphatic carbocycles. The van der Waals surface area contributed by atoms with Gasteiger partial charge in [-0.2, -0.15) is 0 Å². The Morgan fingerprint density at radius 3 is 2.71 bits per heavy atom. The number of thiazole rings is 1. The minimum Gasteiger partial charge on any atom is -0.485 e. The van der Waals surface area contributed by atoms with E-state index in [0.29, 0.717) is 17.3 Å². The lowest BCUT2D eigenvalue weighted by molar-refractivity contribution is 0.102. The molecule has 0 saturated heterocycles. The molecule has 3 aromatic carbocycles. The molecule has 0 spiro atoms. The zero-order valence-corrected chi connectivity index (χ0v) is 18.2. The Morgan fingerprint density at radius 1 is 1.10 bits per heavy atom. The number of aromatic nitrogens is 1. The van der Waals surface area contributed by atoms with Crippen LogP contribution in [0.2, 0.25) is 0 Å². The van der Waals surface area contributed by atoms with Crippen molar-refractivity contribution in [3.05, 3.63) is 83.4 Å². The summed E-state index contributed by atoms with van der Waals surface area (Å²) in [5.74, 6) is 1.41. The molecule has 1 aliphatic rings. The summed E-state index contributed by atoms with van der Waals surface area (Å²) >= 11 is 1.46. The maximum absolute atomic E-state index is 12.6. The molecule has 2 heterocycles. The molecule has 1 aromatic heterocycles. The van der Waals surface area contributed by atoms with E-state index in [1.54, 1.807) is 12.1 Å². The van der Waals surface area contributed by atoms with Crippen molar-refractivity contribution in [2.75, 3.05) is 5.32 Å². The van der Waals surface area contributed by atoms with Crippen molar-refractivity contribution in [1.29, 1.82) is 0 Å². The van der Waals surface area contributed by atoms with E-state index in [2.05, 4.69) is 30.2 Å². The van der Waals surface area contributed by atoms with Gasteiger partial charge in [-0.25, -0.2) is 4.98 Å². The fraction of sp³-hybridized carbons (Fsp3) is 0.200. The predicted molar refractivity (Wildman–Crippen MR) is 123 cm³/mol. The molecule has 31 heavy (non-hydrogen) atoms. The van der Waals surface area contributed by atoms with Crippen LogP contribution < -0.4 is 14.8 Å². The second-order valence-corrected chi connectivity index (χ2v) is 9.24. The number of nitrogens with zero attached hydrogens (tertiary/aromatic N) is 1. The van der Waals surface area contributed by atoms with Gasteiger partial charge in [-0.3, -0.25) is 10.1 Å². The van der Waals surface area contributed by atoms with E-state index >= 15 is 0 Å². The van der Waals surface area contributed by atoms with Gasteiger partial charge in [-0.15, -0.1) is 0 Å². The number of fused-ring (bicyclic) bond motifs is 2. The quantitative estimate of drug-likeness (QED) is 0.432. The molecule has 6 heteroatoms. The molecule has 5 rings (SSSR count). The number of rotatable bonds is 5. The van der Waals surface area contributed by atoms with Crippen LogP contribution in [0.3, 0.4) is 0 Å². The lowest BCUT2D eigenvalue weighted by Crippen LogP contribution is -2.24. The Hall–Kier alpha value is -3.38. The Morgan fingerprint density at radius 2 is 1.90 bits per heavy atom. The number of hydrogen-bond acceptors (Lipinski definition) is 5. The summed E-state index contributed by atoms with van der Waals surface area (Å²) in [7, 11) is 0. The smallest absolute Gasteiger partial charge is 0.257 e. The number of benzene rings is 3. The first kappa shape index (κ1) is 19.6. The molecular weight excluding hydrogens is 408 g/mol. The largest absolute Gasteiger partial charge is 0.485 e. The fourth-order valence-corrected chi connectivity index (χ4v) is 4.57. The van der Waals surface area contributed by atoms with E-state index in [4.69, 9.17) is 9.47 Å². The molecule has 1 amide bonds. The van der Waals surface area contributed by atoms with E-state index in [1.165, 1.54) is 16.9 Å². The zero-order valence-electron chi connectivity index (χ0n) is 17.3. The summed E-state index contributed by atoms with van der Waals surface area (Å²) in [6.07, 6.45) is 0.873. The van der Waals surface area contributed by atoms with E-state index < -0.39 is 0 Å². The van der Waals surface area contributed by atoms with Crippen LogP contribution in [0.1, 0.15) is 35.3 Å². The van der Waals surface area contributed by atoms with Crippen molar-refractivity contribution in [3.8, 4) is 11.5 Å². The molecule has 0 bridgehead atoms. The molecule has 1 N–H and O–H groups in total. The molecular formula is C25H22N2O3S. The first-order valence-corrected chi connectivity index (χ1v) is 11.0. The summed E-state index contributed by atoms with van der Waals surface area (Å²) < 4.78 is 13.1. The highest BCUT2D eigenvalue weighted by Gasteiger charge is 2.32. The number of anilines is 1. The van der Waals surface area contributed by atoms with Crippen LogP contribution >= 0.6 is 11.3 Å². The first-order chi connectivity index (χ1) is 15.0. The third-order valence-corrected chi connectivity index (χ3v) is 6.13. The number of para-hydroxylation sites is 2. The van der Waals surface area contributed by atoms with Crippen LogP contribution in [0.4, 0.5) is 5.13 Å². The number of ether oxygens (including phenoxy) is 2. The second kappa shape index (κ2) is 7.71. The van der Waals surface area contributed by atoms with Gasteiger partial charge in [0.15, 0.2) is 16.6 Å². The van der Waals surface area contributed by atoms with Crippen molar-refractivity contribution in [2.24, 2.45) is 0 Å². The minimum atomic E-state index is -0.208. The summed E-state index contributed by atoms with van der Waals surface area (Å²) in [6, 6.07) is 21.2. The number of amides is 1. The Balaban J connectivity index is 1.24. The van der Waals surface area contributed by atoms with Gasteiger partial charge in [0, 0.05) is 17.5 Å². The van der Waals surface area contributed by atoms with Gasteiger partial charge in [-0.1, -0.05) is 47.7 Å². The van der Waals surface area contributed by atoms with E-state index in [9.17, 15) is 4.79 Å². The predicted octanol–water partition coefficient (Wildman–Crippen LogP) is 5.84. The van der Waals surface area contributed by atoms with Gasteiger partial charge in [0.1, 0.15) is 12.2 Å². The number of carbonyl (C=O) groups excluding carboxylic acids is 1. The Labute approximate surface area is 184 Å². The third-order valence-electron chi connectivity index (χ3n) is 5.18. The molecule has 1 aliphatic heterocycles. The number of carbonyl (C=O) groups is 1. The highest BCUT2D eigenvalue weighted by Crippen LogP contribution is 2.42. The molecule has 0 unspecified atom stereocenters. The molecule has 4 aromatic rings. The third kappa shape index (κ3) is 4.11. The first-order valence-electron chi connectivity index (χ1n) is 10.2. The Bertz CT molecular complexity index is 1230. The molecule has 0 saturated carbocycles. The standard InChI is InChI=1S/C25H22N2O3S/c1-25(2)14-18-6-5-8-20(22(18)30-25)29-15-16-10-12-17(13-11-16)23(28)27-24-26-19-7-3-4-9-21(19)31-24/h3-13H,14-15H2,1-2H3,(H,26,27,28). The minimum absolute atomic E-state index is 0.178. The van der Waals surface area contributed by atoms with E-state index in [-0.39, 0.29) is 11.5 Å². The van der Waals surface area contributed by atoms with Crippen LogP contribution in [0.15, 0.2) is 66.7 Å². The summed E-state index contributed by atoms with van der Waals surface area (Å²) in [5, 5.41) is 3.48. The summed E-state index contributed by atoms with van der Waals surface area (Å²) in [6.45, 7) is 4.56. The van der Waals surface area contributed by atoms with Crippen LogP contribution in [0.5, 0.6) is 11.5 Å². The van der Waals surface area contributed by atoms with Gasteiger partial charge < -0.3 is 9.47 Å². The number of nitrogens with one attached hydrogen (secondary N) is 1. The van der Waals surface area contributed by atoms with Gasteiger partial charge in [0.25, 0.3) is 5.91 Å². The van der Waals surface area contributed by atoms with Crippen molar-refractivity contribution in [1.82, 2.24) is 4.98 Å². The molecule has 0 fully saturated rings. The van der Waals surface area contributed by atoms with Crippen molar-refractivity contribution < 1.29 is 14.3 Å². The van der Waals surface area contributed by atoms with Crippen molar-refractivity contribution in [2.45, 2.75) is 32.5 Å². The van der Waals surface area contributed by atoms with Gasteiger partial charge in [0.05, 0.1) is 10.2 Å². The van der Waals surface area contributed by atoms with Crippen molar-refractivity contribution >= 4 is 32.6 Å². The maximum atomic E-state index is 12.6. The topological polar surface area (TPSA) is 60.5 Å². The monoisotopic (exact) mass is 430 g/mol. The van der Waals surface area contributed by atoms with E-state index in [1.807, 2.05) is 48.5 Å². The van der Waals surface area contributed by atoms with E-state index in [0.717, 1.165) is 33.7 Å². The van der Waals surface area contributed by atoms with Crippen LogP contribution in [-0.4, -0.2) is 16.5 Å². The summed E-state index contributed by atoms with van der Waals surface area (Å²) in [5.41, 5.74) is 3.40. The highest BCUT2D eigenvalue weighted by atomic mass is 32.1. The average molecular weight is 431 g/mol. The van der Waals surface area contributed by atoms with Crippen LogP contribution in [0, 0.1) is 0 Å². The zero-order chi connectivity index (χ0) is 21.4. The van der Waals surface area contributed by atoms with Crippen LogP contribution in [-0.2, 0) is 13.0 Å². The van der Waals surface area contributed by atoms with Crippen molar-refractivity contribution in [3.63, 3.8) is 0 Å². The lowest BCUT2D eigenvalue weighted by atomic mass is 10.0. The normalized spacial score (nSPS) is 14.1.